The van der Waals surface area contributed by atoms with E-state index in [0.29, 0.717) is 16.9 Å². The molecule has 2 aromatic carbocycles. The Morgan fingerprint density at radius 1 is 0.875 bits per heavy atom. The van der Waals surface area contributed by atoms with E-state index in [1.165, 1.54) is 7.11 Å². The van der Waals surface area contributed by atoms with E-state index in [9.17, 15) is 19.2 Å². The summed E-state index contributed by atoms with van der Waals surface area (Å²) >= 11 is 3.47. The summed E-state index contributed by atoms with van der Waals surface area (Å²) in [7, 11) is 1.29. The van der Waals surface area contributed by atoms with E-state index in [-0.39, 0.29) is 25.2 Å². The van der Waals surface area contributed by atoms with Gasteiger partial charge in [0.15, 0.2) is 6.61 Å². The summed E-state index contributed by atoms with van der Waals surface area (Å²) in [6.07, 6.45) is 0.396. The first-order valence-electron chi connectivity index (χ1n) is 9.90. The normalized spacial score (nSPS) is 10.2. The Kier molecular flexibility index (Phi) is 9.39. The van der Waals surface area contributed by atoms with Crippen LogP contribution in [0, 0.1) is 13.8 Å². The second kappa shape index (κ2) is 12.0. The zero-order chi connectivity index (χ0) is 23.7. The number of methoxy groups -OCH3 is 1. The highest BCUT2D eigenvalue weighted by Crippen LogP contribution is 2.25. The van der Waals surface area contributed by atoms with Crippen LogP contribution in [0.3, 0.4) is 0 Å². The second-order valence-corrected chi connectivity index (χ2v) is 7.90. The molecule has 0 radical (unpaired) electrons. The molecule has 0 unspecified atom stereocenters. The van der Waals surface area contributed by atoms with Crippen molar-refractivity contribution in [3.05, 3.63) is 57.6 Å². The number of carbonyl (C=O) groups is 4. The number of halogens is 1. The molecule has 32 heavy (non-hydrogen) atoms. The summed E-state index contributed by atoms with van der Waals surface area (Å²) in [6.45, 7) is 3.44. The highest BCUT2D eigenvalue weighted by Gasteiger charge is 2.11. The van der Waals surface area contributed by atoms with Crippen LogP contribution in [0.15, 0.2) is 40.9 Å². The molecular formula is C23H25BrN2O6. The number of benzene rings is 2. The fourth-order valence-electron chi connectivity index (χ4n) is 2.86. The van der Waals surface area contributed by atoms with E-state index in [1.54, 1.807) is 24.3 Å². The Labute approximate surface area is 194 Å². The maximum atomic E-state index is 12.0. The monoisotopic (exact) mass is 504 g/mol. The first-order valence-corrected chi connectivity index (χ1v) is 10.7. The van der Waals surface area contributed by atoms with Crippen molar-refractivity contribution in [2.75, 3.05) is 24.4 Å². The standard InChI is InChI=1S/C23H25BrN2O6/c1-14-11-18(12-15(2)22(14)24)26-20(28)13-32-21(29)6-4-5-19(27)25-17-9-7-16(8-10-17)23(30)31-3/h7-12H,4-6,13H2,1-3H3,(H,25,27)(H,26,28). The van der Waals surface area contributed by atoms with Gasteiger partial charge in [-0.2, -0.15) is 0 Å². The summed E-state index contributed by atoms with van der Waals surface area (Å²) in [5, 5.41) is 5.37. The molecule has 0 atom stereocenters. The Hall–Kier alpha value is -3.20. The number of hydrogen-bond donors (Lipinski definition) is 2. The van der Waals surface area contributed by atoms with Gasteiger partial charge in [-0.3, -0.25) is 14.4 Å². The molecule has 0 spiro atoms. The molecule has 0 aliphatic heterocycles. The number of esters is 2. The number of anilines is 2. The van der Waals surface area contributed by atoms with Crippen LogP contribution < -0.4 is 10.6 Å². The van der Waals surface area contributed by atoms with Crippen molar-refractivity contribution in [1.82, 2.24) is 0 Å². The van der Waals surface area contributed by atoms with Gasteiger partial charge in [-0.1, -0.05) is 15.9 Å². The lowest BCUT2D eigenvalue weighted by Crippen LogP contribution is -2.21. The third-order valence-corrected chi connectivity index (χ3v) is 5.71. The number of aryl methyl sites for hydroxylation is 2. The molecule has 2 N–H and O–H groups in total. The molecule has 2 rings (SSSR count). The van der Waals surface area contributed by atoms with Crippen LogP contribution in [-0.2, 0) is 23.9 Å². The summed E-state index contributed by atoms with van der Waals surface area (Å²) in [5.74, 6) is -1.73. The maximum Gasteiger partial charge on any atom is 0.337 e. The van der Waals surface area contributed by atoms with E-state index >= 15 is 0 Å². The predicted octanol–water partition coefficient (Wildman–Crippen LogP) is 4.14. The molecule has 2 amide bonds. The molecule has 0 fully saturated rings. The van der Waals surface area contributed by atoms with Crippen molar-refractivity contribution < 1.29 is 28.7 Å². The Morgan fingerprint density at radius 3 is 2.06 bits per heavy atom. The second-order valence-electron chi connectivity index (χ2n) is 7.10. The minimum atomic E-state index is -0.557. The highest BCUT2D eigenvalue weighted by molar-refractivity contribution is 9.10. The van der Waals surface area contributed by atoms with Crippen LogP contribution in [0.1, 0.15) is 40.7 Å². The molecule has 0 saturated heterocycles. The van der Waals surface area contributed by atoms with Gasteiger partial charge >= 0.3 is 11.9 Å². The van der Waals surface area contributed by atoms with Crippen LogP contribution in [0.25, 0.3) is 0 Å². The molecule has 0 heterocycles. The average Bonchev–Trinajstić information content (AvgIpc) is 2.76. The summed E-state index contributed by atoms with van der Waals surface area (Å²) in [5.41, 5.74) is 3.49. The van der Waals surface area contributed by atoms with Gasteiger partial charge in [-0.25, -0.2) is 4.79 Å². The van der Waals surface area contributed by atoms with Crippen molar-refractivity contribution in [3.63, 3.8) is 0 Å². The third-order valence-electron chi connectivity index (χ3n) is 4.46. The largest absolute Gasteiger partial charge is 0.465 e. The lowest BCUT2D eigenvalue weighted by atomic mass is 10.1. The quantitative estimate of drug-likeness (QED) is 0.496. The molecule has 0 bridgehead atoms. The van der Waals surface area contributed by atoms with Gasteiger partial charge < -0.3 is 20.1 Å². The van der Waals surface area contributed by atoms with Crippen molar-refractivity contribution in [1.29, 1.82) is 0 Å². The van der Waals surface area contributed by atoms with Crippen molar-refractivity contribution in [2.45, 2.75) is 33.1 Å². The Bertz CT molecular complexity index is 981. The number of ether oxygens (including phenoxy) is 2. The van der Waals surface area contributed by atoms with Crippen LogP contribution in [-0.4, -0.2) is 37.5 Å². The van der Waals surface area contributed by atoms with Gasteiger partial charge in [0, 0.05) is 28.7 Å². The van der Waals surface area contributed by atoms with Gasteiger partial charge in [0.2, 0.25) is 5.91 Å². The Morgan fingerprint density at radius 2 is 1.47 bits per heavy atom. The fraction of sp³-hybridized carbons (Fsp3) is 0.304. The zero-order valence-electron chi connectivity index (χ0n) is 18.1. The summed E-state index contributed by atoms with van der Waals surface area (Å²) in [6, 6.07) is 9.90. The van der Waals surface area contributed by atoms with Crippen molar-refractivity contribution in [2.24, 2.45) is 0 Å². The van der Waals surface area contributed by atoms with Gasteiger partial charge in [-0.05, 0) is 67.8 Å². The molecule has 2 aromatic rings. The van der Waals surface area contributed by atoms with Gasteiger partial charge in [-0.15, -0.1) is 0 Å². The molecule has 8 nitrogen and oxygen atoms in total. The summed E-state index contributed by atoms with van der Waals surface area (Å²) < 4.78 is 10.6. The SMILES string of the molecule is COC(=O)c1ccc(NC(=O)CCCC(=O)OCC(=O)Nc2cc(C)c(Br)c(C)c2)cc1. The molecule has 9 heteroatoms. The average molecular weight is 505 g/mol. The van der Waals surface area contributed by atoms with E-state index in [4.69, 9.17) is 4.74 Å². The smallest absolute Gasteiger partial charge is 0.337 e. The Balaban J connectivity index is 1.68. The molecule has 0 aliphatic rings. The van der Waals surface area contributed by atoms with Crippen LogP contribution in [0.2, 0.25) is 0 Å². The molecule has 0 aromatic heterocycles. The van der Waals surface area contributed by atoms with Gasteiger partial charge in [0.05, 0.1) is 12.7 Å². The molecular weight excluding hydrogens is 480 g/mol. The van der Waals surface area contributed by atoms with E-state index in [2.05, 4.69) is 31.3 Å². The van der Waals surface area contributed by atoms with Crippen LogP contribution in [0.5, 0.6) is 0 Å². The number of rotatable bonds is 9. The van der Waals surface area contributed by atoms with Crippen LogP contribution in [0.4, 0.5) is 11.4 Å². The minimum absolute atomic E-state index is 0.0124. The van der Waals surface area contributed by atoms with Gasteiger partial charge in [0.1, 0.15) is 0 Å². The highest BCUT2D eigenvalue weighted by atomic mass is 79.9. The van der Waals surface area contributed by atoms with E-state index in [1.807, 2.05) is 26.0 Å². The summed E-state index contributed by atoms with van der Waals surface area (Å²) in [4.78, 5) is 47.2. The molecule has 0 aliphatic carbocycles. The lowest BCUT2D eigenvalue weighted by molar-refractivity contribution is -0.147. The number of nitrogens with one attached hydrogen (secondary N) is 2. The van der Waals surface area contributed by atoms with Crippen molar-refractivity contribution in [3.8, 4) is 0 Å². The van der Waals surface area contributed by atoms with E-state index < -0.39 is 24.5 Å². The predicted molar refractivity (Wildman–Crippen MR) is 123 cm³/mol. The molecule has 170 valence electrons. The van der Waals surface area contributed by atoms with Crippen LogP contribution >= 0.6 is 15.9 Å². The zero-order valence-corrected chi connectivity index (χ0v) is 19.7. The number of carbonyl (C=O) groups excluding carboxylic acids is 4. The maximum absolute atomic E-state index is 12.0. The lowest BCUT2D eigenvalue weighted by Gasteiger charge is -2.10. The fourth-order valence-corrected chi connectivity index (χ4v) is 3.09. The molecule has 0 saturated carbocycles. The first kappa shape index (κ1) is 25.1. The van der Waals surface area contributed by atoms with Crippen molar-refractivity contribution >= 4 is 51.1 Å². The third kappa shape index (κ3) is 7.81. The topological polar surface area (TPSA) is 111 Å². The minimum Gasteiger partial charge on any atom is -0.465 e. The van der Waals surface area contributed by atoms with E-state index in [0.717, 1.165) is 15.6 Å². The first-order chi connectivity index (χ1) is 15.2. The number of amides is 2. The number of hydrogen-bond acceptors (Lipinski definition) is 6. The van der Waals surface area contributed by atoms with Gasteiger partial charge in [0.25, 0.3) is 5.91 Å².